The van der Waals surface area contributed by atoms with Crippen molar-refractivity contribution in [3.05, 3.63) is 33.7 Å². The SMILES string of the molecule is Cc1cc(=O)[nH]cc1[C@@H]1CCCN1C=O. The molecular weight excluding hydrogens is 192 g/mol. The van der Waals surface area contributed by atoms with E-state index in [2.05, 4.69) is 4.98 Å². The molecule has 0 radical (unpaired) electrons. The summed E-state index contributed by atoms with van der Waals surface area (Å²) in [6.07, 6.45) is 4.62. The van der Waals surface area contributed by atoms with Gasteiger partial charge in [0.05, 0.1) is 6.04 Å². The molecule has 4 nitrogen and oxygen atoms in total. The van der Waals surface area contributed by atoms with Crippen LogP contribution in [0.2, 0.25) is 0 Å². The van der Waals surface area contributed by atoms with Gasteiger partial charge in [-0.2, -0.15) is 0 Å². The summed E-state index contributed by atoms with van der Waals surface area (Å²) in [5.41, 5.74) is 1.92. The van der Waals surface area contributed by atoms with Crippen LogP contribution in [-0.4, -0.2) is 22.8 Å². The number of nitrogens with zero attached hydrogens (tertiary/aromatic N) is 1. The maximum atomic E-state index is 11.1. The molecule has 1 saturated heterocycles. The number of hydrogen-bond donors (Lipinski definition) is 1. The number of nitrogens with one attached hydrogen (secondary N) is 1. The molecule has 0 bridgehead atoms. The average Bonchev–Trinajstić information content (AvgIpc) is 2.65. The lowest BCUT2D eigenvalue weighted by Gasteiger charge is -2.21. The molecule has 1 aromatic rings. The Labute approximate surface area is 87.9 Å². The zero-order valence-electron chi connectivity index (χ0n) is 8.69. The molecule has 0 aliphatic carbocycles. The van der Waals surface area contributed by atoms with Crippen molar-refractivity contribution in [2.45, 2.75) is 25.8 Å². The van der Waals surface area contributed by atoms with Gasteiger partial charge in [0.1, 0.15) is 0 Å². The fourth-order valence-corrected chi connectivity index (χ4v) is 2.19. The average molecular weight is 206 g/mol. The van der Waals surface area contributed by atoms with Gasteiger partial charge >= 0.3 is 0 Å². The Morgan fingerprint density at radius 3 is 3.07 bits per heavy atom. The molecule has 1 amide bonds. The number of aromatic amines is 1. The van der Waals surface area contributed by atoms with E-state index < -0.39 is 0 Å². The first-order valence-electron chi connectivity index (χ1n) is 5.12. The Kier molecular flexibility index (Phi) is 2.58. The second-order valence-electron chi connectivity index (χ2n) is 3.94. The molecule has 0 unspecified atom stereocenters. The van der Waals surface area contributed by atoms with Crippen LogP contribution in [0.15, 0.2) is 17.1 Å². The number of rotatable bonds is 2. The minimum Gasteiger partial charge on any atom is -0.338 e. The van der Waals surface area contributed by atoms with Gasteiger partial charge in [-0.15, -0.1) is 0 Å². The number of H-pyrrole nitrogens is 1. The van der Waals surface area contributed by atoms with Gasteiger partial charge in [0.25, 0.3) is 0 Å². The van der Waals surface area contributed by atoms with Gasteiger partial charge in [-0.25, -0.2) is 0 Å². The summed E-state index contributed by atoms with van der Waals surface area (Å²) in [5, 5.41) is 0. The van der Waals surface area contributed by atoms with Crippen LogP contribution in [0.4, 0.5) is 0 Å². The van der Waals surface area contributed by atoms with Crippen molar-refractivity contribution in [3.63, 3.8) is 0 Å². The lowest BCUT2D eigenvalue weighted by molar-refractivity contribution is -0.118. The van der Waals surface area contributed by atoms with Gasteiger partial charge in [-0.05, 0) is 30.9 Å². The highest BCUT2D eigenvalue weighted by atomic mass is 16.1. The van der Waals surface area contributed by atoms with Crippen molar-refractivity contribution < 1.29 is 4.79 Å². The number of amides is 1. The largest absolute Gasteiger partial charge is 0.338 e. The third-order valence-electron chi connectivity index (χ3n) is 2.96. The summed E-state index contributed by atoms with van der Waals surface area (Å²) in [4.78, 5) is 26.3. The zero-order valence-corrected chi connectivity index (χ0v) is 8.69. The summed E-state index contributed by atoms with van der Waals surface area (Å²) >= 11 is 0. The van der Waals surface area contributed by atoms with E-state index >= 15 is 0 Å². The van der Waals surface area contributed by atoms with Crippen molar-refractivity contribution >= 4 is 6.41 Å². The molecule has 1 aromatic heterocycles. The van der Waals surface area contributed by atoms with Crippen LogP contribution >= 0.6 is 0 Å². The van der Waals surface area contributed by atoms with Crippen LogP contribution in [0.5, 0.6) is 0 Å². The number of carbonyl (C=O) groups is 1. The molecule has 0 saturated carbocycles. The minimum absolute atomic E-state index is 0.0908. The van der Waals surface area contributed by atoms with Gasteiger partial charge in [0.15, 0.2) is 0 Å². The normalized spacial score (nSPS) is 20.6. The van der Waals surface area contributed by atoms with E-state index in [-0.39, 0.29) is 11.6 Å². The van der Waals surface area contributed by atoms with E-state index in [1.54, 1.807) is 17.2 Å². The molecule has 1 fully saturated rings. The first-order chi connectivity index (χ1) is 7.22. The maximum absolute atomic E-state index is 11.1. The Hall–Kier alpha value is -1.58. The number of carbonyl (C=O) groups excluding carboxylic acids is 1. The molecule has 1 N–H and O–H groups in total. The Morgan fingerprint density at radius 1 is 1.60 bits per heavy atom. The predicted octanol–water partition coefficient (Wildman–Crippen LogP) is 0.977. The van der Waals surface area contributed by atoms with Gasteiger partial charge in [-0.1, -0.05) is 0 Å². The van der Waals surface area contributed by atoms with Crippen molar-refractivity contribution in [2.24, 2.45) is 0 Å². The highest BCUT2D eigenvalue weighted by molar-refractivity contribution is 5.50. The van der Waals surface area contributed by atoms with Crippen LogP contribution in [0.1, 0.15) is 30.0 Å². The minimum atomic E-state index is -0.0908. The first kappa shape index (κ1) is 9.96. The fraction of sp³-hybridized carbons (Fsp3) is 0.455. The molecule has 0 aromatic carbocycles. The maximum Gasteiger partial charge on any atom is 0.248 e. The van der Waals surface area contributed by atoms with Crippen molar-refractivity contribution in [1.29, 1.82) is 0 Å². The monoisotopic (exact) mass is 206 g/mol. The van der Waals surface area contributed by atoms with Crippen LogP contribution in [-0.2, 0) is 4.79 Å². The lowest BCUT2D eigenvalue weighted by atomic mass is 10.0. The number of aromatic nitrogens is 1. The molecule has 4 heteroatoms. The summed E-state index contributed by atoms with van der Waals surface area (Å²) in [7, 11) is 0. The third-order valence-corrected chi connectivity index (χ3v) is 2.96. The number of pyridine rings is 1. The first-order valence-corrected chi connectivity index (χ1v) is 5.12. The van der Waals surface area contributed by atoms with E-state index in [0.29, 0.717) is 0 Å². The topological polar surface area (TPSA) is 53.2 Å². The quantitative estimate of drug-likeness (QED) is 0.733. The van der Waals surface area contributed by atoms with E-state index in [1.807, 2.05) is 6.92 Å². The third kappa shape index (κ3) is 1.79. The highest BCUT2D eigenvalue weighted by Crippen LogP contribution is 2.31. The molecule has 0 spiro atoms. The van der Waals surface area contributed by atoms with E-state index in [4.69, 9.17) is 0 Å². The van der Waals surface area contributed by atoms with Crippen LogP contribution in [0, 0.1) is 6.92 Å². The Bertz CT molecular complexity index is 425. The van der Waals surface area contributed by atoms with Gasteiger partial charge in [-0.3, -0.25) is 9.59 Å². The lowest BCUT2D eigenvalue weighted by Crippen LogP contribution is -2.22. The molecule has 80 valence electrons. The summed E-state index contributed by atoms with van der Waals surface area (Å²) < 4.78 is 0. The molecule has 2 rings (SSSR count). The zero-order chi connectivity index (χ0) is 10.8. The summed E-state index contributed by atoms with van der Waals surface area (Å²) in [5.74, 6) is 0. The second kappa shape index (κ2) is 3.88. The van der Waals surface area contributed by atoms with Gasteiger partial charge in [0.2, 0.25) is 12.0 Å². The molecule has 1 aliphatic heterocycles. The van der Waals surface area contributed by atoms with E-state index in [1.165, 1.54) is 0 Å². The molecular formula is C11H14N2O2. The van der Waals surface area contributed by atoms with Gasteiger partial charge in [0, 0.05) is 18.8 Å². The van der Waals surface area contributed by atoms with Crippen molar-refractivity contribution in [3.8, 4) is 0 Å². The summed E-state index contributed by atoms with van der Waals surface area (Å²) in [6, 6.07) is 1.72. The number of hydrogen-bond acceptors (Lipinski definition) is 2. The molecule has 15 heavy (non-hydrogen) atoms. The fourth-order valence-electron chi connectivity index (χ4n) is 2.19. The van der Waals surface area contributed by atoms with Crippen LogP contribution in [0.25, 0.3) is 0 Å². The van der Waals surface area contributed by atoms with E-state index in [9.17, 15) is 9.59 Å². The van der Waals surface area contributed by atoms with Crippen molar-refractivity contribution in [1.82, 2.24) is 9.88 Å². The second-order valence-corrected chi connectivity index (χ2v) is 3.94. The van der Waals surface area contributed by atoms with Crippen LogP contribution in [0.3, 0.4) is 0 Å². The smallest absolute Gasteiger partial charge is 0.248 e. The number of likely N-dealkylation sites (tertiary alicyclic amines) is 1. The highest BCUT2D eigenvalue weighted by Gasteiger charge is 2.25. The predicted molar refractivity (Wildman–Crippen MR) is 56.5 cm³/mol. The standard InChI is InChI=1S/C11H14N2O2/c1-8-5-11(15)12-6-9(8)10-3-2-4-13(10)7-14/h5-7,10H,2-4H2,1H3,(H,12,15)/t10-/m0/s1. The Morgan fingerprint density at radius 2 is 2.40 bits per heavy atom. The molecule has 2 heterocycles. The van der Waals surface area contributed by atoms with Crippen LogP contribution < -0.4 is 5.56 Å². The number of aryl methyl sites for hydroxylation is 1. The van der Waals surface area contributed by atoms with Gasteiger partial charge < -0.3 is 9.88 Å². The van der Waals surface area contributed by atoms with E-state index in [0.717, 1.165) is 36.9 Å². The summed E-state index contributed by atoms with van der Waals surface area (Å²) in [6.45, 7) is 2.72. The Balaban J connectivity index is 2.36. The van der Waals surface area contributed by atoms with Crippen molar-refractivity contribution in [2.75, 3.05) is 6.54 Å². The molecule has 1 aliphatic rings. The molecule has 1 atom stereocenters.